The van der Waals surface area contributed by atoms with Gasteiger partial charge in [-0.15, -0.1) is 23.2 Å². The molecule has 0 bridgehead atoms. The number of alkyl halides is 2. The quantitative estimate of drug-likeness (QED) is 0.601. The zero-order valence-electron chi connectivity index (χ0n) is 10.8. The molecule has 0 saturated carbocycles. The van der Waals surface area contributed by atoms with E-state index in [4.69, 9.17) is 23.2 Å². The number of rotatable bonds is 5. The molecule has 0 fully saturated rings. The van der Waals surface area contributed by atoms with E-state index >= 15 is 0 Å². The molecule has 0 heterocycles. The van der Waals surface area contributed by atoms with E-state index < -0.39 is 5.41 Å². The van der Waals surface area contributed by atoms with Crippen molar-refractivity contribution in [2.75, 3.05) is 11.8 Å². The smallest absolute Gasteiger partial charge is 0.123 e. The van der Waals surface area contributed by atoms with Crippen LogP contribution in [0.15, 0.2) is 53.0 Å². The highest BCUT2D eigenvalue weighted by atomic mass is 79.9. The first kappa shape index (κ1) is 15.8. The van der Waals surface area contributed by atoms with E-state index in [0.29, 0.717) is 18.2 Å². The number of halogens is 4. The maximum atomic E-state index is 13.1. The summed E-state index contributed by atoms with van der Waals surface area (Å²) in [4.78, 5) is 0. The summed E-state index contributed by atoms with van der Waals surface area (Å²) in [6.07, 6.45) is 0.701. The van der Waals surface area contributed by atoms with Crippen molar-refractivity contribution in [3.8, 4) is 0 Å². The van der Waals surface area contributed by atoms with Crippen LogP contribution in [0.25, 0.3) is 0 Å². The Labute approximate surface area is 137 Å². The first-order valence-corrected chi connectivity index (χ1v) is 8.09. The number of benzene rings is 2. The Morgan fingerprint density at radius 2 is 1.55 bits per heavy atom. The van der Waals surface area contributed by atoms with Crippen LogP contribution in [0.3, 0.4) is 0 Å². The van der Waals surface area contributed by atoms with Crippen LogP contribution in [0.2, 0.25) is 0 Å². The normalized spacial score (nSPS) is 11.6. The summed E-state index contributed by atoms with van der Waals surface area (Å²) in [5, 5.41) is 0. The van der Waals surface area contributed by atoms with Crippen LogP contribution in [-0.4, -0.2) is 11.8 Å². The molecule has 0 aromatic heterocycles. The molecule has 0 aliphatic heterocycles. The van der Waals surface area contributed by atoms with E-state index in [-0.39, 0.29) is 5.82 Å². The average Bonchev–Trinajstić information content (AvgIpc) is 2.48. The van der Waals surface area contributed by atoms with Gasteiger partial charge in [0.15, 0.2) is 0 Å². The molecule has 0 amide bonds. The van der Waals surface area contributed by atoms with Crippen molar-refractivity contribution < 1.29 is 4.39 Å². The molecule has 0 aliphatic rings. The molecule has 0 unspecified atom stereocenters. The third kappa shape index (κ3) is 3.36. The van der Waals surface area contributed by atoms with Crippen molar-refractivity contribution >= 4 is 39.1 Å². The van der Waals surface area contributed by atoms with E-state index in [1.54, 1.807) is 12.1 Å². The second-order valence-corrected chi connectivity index (χ2v) is 6.21. The van der Waals surface area contributed by atoms with Gasteiger partial charge in [0.2, 0.25) is 0 Å². The second kappa shape index (κ2) is 6.93. The predicted molar refractivity (Wildman–Crippen MR) is 87.4 cm³/mol. The molecule has 2 aromatic rings. The average molecular weight is 376 g/mol. The first-order chi connectivity index (χ1) is 9.61. The Balaban J connectivity index is 2.39. The van der Waals surface area contributed by atoms with Gasteiger partial charge in [-0.3, -0.25) is 0 Å². The summed E-state index contributed by atoms with van der Waals surface area (Å²) in [5.41, 5.74) is 1.69. The van der Waals surface area contributed by atoms with Crippen molar-refractivity contribution in [3.05, 3.63) is 69.9 Å². The van der Waals surface area contributed by atoms with Crippen LogP contribution in [0.4, 0.5) is 4.39 Å². The molecule has 20 heavy (non-hydrogen) atoms. The molecule has 0 radical (unpaired) electrons. The minimum atomic E-state index is -0.402. The van der Waals surface area contributed by atoms with Gasteiger partial charge >= 0.3 is 0 Å². The topological polar surface area (TPSA) is 0 Å². The van der Waals surface area contributed by atoms with Crippen molar-refractivity contribution in [3.63, 3.8) is 0 Å². The highest BCUT2D eigenvalue weighted by Crippen LogP contribution is 2.34. The fourth-order valence-corrected chi connectivity index (χ4v) is 3.40. The van der Waals surface area contributed by atoms with Crippen molar-refractivity contribution in [2.45, 2.75) is 11.8 Å². The molecular weight excluding hydrogens is 362 g/mol. The largest absolute Gasteiger partial charge is 0.207 e. The molecule has 0 N–H and O–H groups in total. The summed E-state index contributed by atoms with van der Waals surface area (Å²) in [7, 11) is 0. The predicted octanol–water partition coefficient (Wildman–Crippen LogP) is 5.55. The van der Waals surface area contributed by atoms with E-state index in [1.807, 2.05) is 24.3 Å². The van der Waals surface area contributed by atoms with Gasteiger partial charge in [-0.2, -0.15) is 0 Å². The lowest BCUT2D eigenvalue weighted by molar-refractivity contribution is 0.532. The Kier molecular flexibility index (Phi) is 5.48. The molecule has 2 rings (SSSR count). The van der Waals surface area contributed by atoms with E-state index in [1.165, 1.54) is 12.1 Å². The first-order valence-electron chi connectivity index (χ1n) is 6.23. The monoisotopic (exact) mass is 374 g/mol. The molecule has 4 heteroatoms. The van der Waals surface area contributed by atoms with Gasteiger partial charge < -0.3 is 0 Å². The maximum Gasteiger partial charge on any atom is 0.123 e. The van der Waals surface area contributed by atoms with E-state index in [9.17, 15) is 4.39 Å². The van der Waals surface area contributed by atoms with Crippen LogP contribution >= 0.6 is 39.1 Å². The summed E-state index contributed by atoms with van der Waals surface area (Å²) in [6.45, 7) is 0. The molecular formula is C16H14BrCl2F. The lowest BCUT2D eigenvalue weighted by Crippen LogP contribution is -2.33. The highest BCUT2D eigenvalue weighted by Gasteiger charge is 2.31. The molecule has 0 saturated heterocycles. The number of hydrogen-bond acceptors (Lipinski definition) is 0. The van der Waals surface area contributed by atoms with Gasteiger partial charge in [-0.1, -0.05) is 46.3 Å². The zero-order valence-corrected chi connectivity index (χ0v) is 13.8. The fourth-order valence-electron chi connectivity index (χ4n) is 2.20. The zero-order chi connectivity index (χ0) is 14.6. The van der Waals surface area contributed by atoms with Crippen LogP contribution in [0, 0.1) is 5.82 Å². The summed E-state index contributed by atoms with van der Waals surface area (Å²) >= 11 is 16.0. The van der Waals surface area contributed by atoms with E-state index in [2.05, 4.69) is 15.9 Å². The third-order valence-corrected chi connectivity index (χ3v) is 5.25. The van der Waals surface area contributed by atoms with Crippen LogP contribution in [0.1, 0.15) is 11.1 Å². The van der Waals surface area contributed by atoms with E-state index in [0.717, 1.165) is 15.6 Å². The minimum Gasteiger partial charge on any atom is -0.207 e. The van der Waals surface area contributed by atoms with Gasteiger partial charge in [0, 0.05) is 21.6 Å². The lowest BCUT2D eigenvalue weighted by Gasteiger charge is -2.31. The van der Waals surface area contributed by atoms with Gasteiger partial charge in [-0.25, -0.2) is 4.39 Å². The minimum absolute atomic E-state index is 0.257. The Hall–Kier alpha value is -0.570. The standard InChI is InChI=1S/C16H14BrCl2F/c17-15-4-2-1-3-12(15)9-16(10-18,11-19)13-5-7-14(20)8-6-13/h1-8H,9-11H2. The van der Waals surface area contributed by atoms with Crippen molar-refractivity contribution in [1.29, 1.82) is 0 Å². The molecule has 0 atom stereocenters. The second-order valence-electron chi connectivity index (χ2n) is 4.82. The fraction of sp³-hybridized carbons (Fsp3) is 0.250. The van der Waals surface area contributed by atoms with Crippen LogP contribution < -0.4 is 0 Å². The molecule has 0 spiro atoms. The van der Waals surface area contributed by atoms with Crippen molar-refractivity contribution in [2.24, 2.45) is 0 Å². The lowest BCUT2D eigenvalue weighted by atomic mass is 9.79. The SMILES string of the molecule is Fc1ccc(C(CCl)(CCl)Cc2ccccc2Br)cc1. The third-order valence-electron chi connectivity index (χ3n) is 3.45. The maximum absolute atomic E-state index is 13.1. The molecule has 0 aliphatic carbocycles. The number of hydrogen-bond donors (Lipinski definition) is 0. The van der Waals surface area contributed by atoms with Gasteiger partial charge in [0.1, 0.15) is 5.82 Å². The Bertz CT molecular complexity index is 565. The summed E-state index contributed by atoms with van der Waals surface area (Å²) in [6, 6.07) is 14.4. The van der Waals surface area contributed by atoms with Crippen LogP contribution in [-0.2, 0) is 11.8 Å². The van der Waals surface area contributed by atoms with Gasteiger partial charge in [-0.05, 0) is 35.7 Å². The van der Waals surface area contributed by atoms with Gasteiger partial charge in [0.05, 0.1) is 0 Å². The Morgan fingerprint density at radius 3 is 2.10 bits per heavy atom. The summed E-state index contributed by atoms with van der Waals surface area (Å²) < 4.78 is 14.1. The van der Waals surface area contributed by atoms with Crippen LogP contribution in [0.5, 0.6) is 0 Å². The molecule has 2 aromatic carbocycles. The van der Waals surface area contributed by atoms with Crippen molar-refractivity contribution in [1.82, 2.24) is 0 Å². The molecule has 0 nitrogen and oxygen atoms in total. The van der Waals surface area contributed by atoms with Gasteiger partial charge in [0.25, 0.3) is 0 Å². The summed E-state index contributed by atoms with van der Waals surface area (Å²) in [5.74, 6) is 0.500. The molecule has 106 valence electrons. The highest BCUT2D eigenvalue weighted by molar-refractivity contribution is 9.10. The Morgan fingerprint density at radius 1 is 0.950 bits per heavy atom.